The minimum Gasteiger partial charge on any atom is -0.389 e. The van der Waals surface area contributed by atoms with Crippen molar-refractivity contribution in [2.75, 3.05) is 25.6 Å². The molecule has 2 rings (SSSR count). The molecule has 0 aliphatic carbocycles. The second kappa shape index (κ2) is 12.2. The summed E-state index contributed by atoms with van der Waals surface area (Å²) >= 11 is 0. The van der Waals surface area contributed by atoms with Crippen LogP contribution in [-0.2, 0) is 25.7 Å². The molecule has 13 heteroatoms. The number of anilines is 1. The number of hydrogen-bond donors (Lipinski definition) is 3. The fraction of sp³-hybridized carbons (Fsp3) is 0.364. The Morgan fingerprint density at radius 2 is 1.86 bits per heavy atom. The van der Waals surface area contributed by atoms with Crippen LogP contribution in [-0.4, -0.2) is 59.7 Å². The van der Waals surface area contributed by atoms with E-state index in [1.807, 2.05) is 6.07 Å². The van der Waals surface area contributed by atoms with Crippen LogP contribution in [0.2, 0.25) is 0 Å². The SMILES string of the molecule is CCOC(C)(OCC(F)(F)F)C(=O)Nc1cccc(CO/N=C(\C(=N)N(C)N)c2ccccc2)n1. The molecule has 0 saturated carbocycles. The van der Waals surface area contributed by atoms with E-state index in [2.05, 4.69) is 15.5 Å². The zero-order chi connectivity index (χ0) is 26.1. The van der Waals surface area contributed by atoms with Crippen molar-refractivity contribution < 1.29 is 32.3 Å². The molecule has 1 amide bonds. The number of carbonyl (C=O) groups is 1. The molecule has 0 spiro atoms. The number of benzene rings is 1. The molecular weight excluding hydrogens is 469 g/mol. The normalized spacial score (nSPS) is 13.6. The average Bonchev–Trinajstić information content (AvgIpc) is 2.80. The number of alkyl halides is 3. The summed E-state index contributed by atoms with van der Waals surface area (Å²) in [5.41, 5.74) is 1.15. The summed E-state index contributed by atoms with van der Waals surface area (Å²) in [7, 11) is 1.49. The highest BCUT2D eigenvalue weighted by Gasteiger charge is 2.40. The molecular formula is C22H27F3N6O4. The number of aromatic nitrogens is 1. The van der Waals surface area contributed by atoms with Gasteiger partial charge in [0.1, 0.15) is 12.4 Å². The van der Waals surface area contributed by atoms with Crippen molar-refractivity contribution in [1.29, 1.82) is 5.41 Å². The summed E-state index contributed by atoms with van der Waals surface area (Å²) in [6.45, 7) is 0.762. The van der Waals surface area contributed by atoms with Crippen LogP contribution in [0.4, 0.5) is 19.0 Å². The maximum Gasteiger partial charge on any atom is 0.411 e. The maximum atomic E-state index is 12.6. The summed E-state index contributed by atoms with van der Waals surface area (Å²) in [5.74, 6) is 2.48. The van der Waals surface area contributed by atoms with Gasteiger partial charge in [-0.2, -0.15) is 13.2 Å². The first-order valence-electron chi connectivity index (χ1n) is 10.4. The quantitative estimate of drug-likeness (QED) is 0.143. The lowest BCUT2D eigenvalue weighted by atomic mass is 10.1. The van der Waals surface area contributed by atoms with Gasteiger partial charge in [-0.15, -0.1) is 0 Å². The summed E-state index contributed by atoms with van der Waals surface area (Å²) in [6.07, 6.45) is -4.64. The molecule has 1 unspecified atom stereocenters. The van der Waals surface area contributed by atoms with Gasteiger partial charge in [0.05, 0.1) is 5.69 Å². The van der Waals surface area contributed by atoms with Crippen LogP contribution in [0, 0.1) is 5.41 Å². The van der Waals surface area contributed by atoms with Gasteiger partial charge in [0, 0.05) is 19.2 Å². The van der Waals surface area contributed by atoms with E-state index in [0.717, 1.165) is 11.9 Å². The molecule has 0 bridgehead atoms. The summed E-state index contributed by atoms with van der Waals surface area (Å²) in [5, 5.41) is 15.6. The van der Waals surface area contributed by atoms with Gasteiger partial charge in [0.2, 0.25) is 5.79 Å². The van der Waals surface area contributed by atoms with Gasteiger partial charge in [-0.1, -0.05) is 41.6 Å². The van der Waals surface area contributed by atoms with Gasteiger partial charge in [-0.25, -0.2) is 10.8 Å². The van der Waals surface area contributed by atoms with Crippen molar-refractivity contribution >= 4 is 23.3 Å². The van der Waals surface area contributed by atoms with Crippen molar-refractivity contribution in [2.24, 2.45) is 11.0 Å². The minimum atomic E-state index is -4.64. The number of nitrogens with zero attached hydrogens (tertiary/aromatic N) is 3. The van der Waals surface area contributed by atoms with Crippen LogP contribution in [0.1, 0.15) is 25.1 Å². The third-order valence-electron chi connectivity index (χ3n) is 4.38. The maximum absolute atomic E-state index is 12.6. The second-order valence-electron chi connectivity index (χ2n) is 7.29. The number of oxime groups is 1. The Bertz CT molecular complexity index is 1030. The fourth-order valence-corrected chi connectivity index (χ4v) is 2.69. The Kier molecular flexibility index (Phi) is 9.68. The standard InChI is InChI=1S/C22H27F3N6O4/c1-4-33-21(2,34-14-22(23,24)25)20(32)29-17-12-8-11-16(28-17)13-35-30-18(19(26)31(3)27)15-9-6-5-7-10-15/h5-12,26H,4,13-14,27H2,1-3H3,(H,28,29,32)/b26-19?,30-18-. The molecule has 35 heavy (non-hydrogen) atoms. The van der Waals surface area contributed by atoms with Crippen LogP contribution >= 0.6 is 0 Å². The van der Waals surface area contributed by atoms with Crippen molar-refractivity contribution in [2.45, 2.75) is 32.4 Å². The number of halogens is 3. The predicted molar refractivity (Wildman–Crippen MR) is 122 cm³/mol. The lowest BCUT2D eigenvalue weighted by Gasteiger charge is -2.28. The van der Waals surface area contributed by atoms with E-state index < -0.39 is 24.5 Å². The molecule has 2 aromatic rings. The predicted octanol–water partition coefficient (Wildman–Crippen LogP) is 3.06. The van der Waals surface area contributed by atoms with Gasteiger partial charge >= 0.3 is 6.18 Å². The molecule has 1 aromatic heterocycles. The number of nitrogens with one attached hydrogen (secondary N) is 2. The highest BCUT2D eigenvalue weighted by Crippen LogP contribution is 2.22. The summed E-state index contributed by atoms with van der Waals surface area (Å²) in [4.78, 5) is 22.2. The van der Waals surface area contributed by atoms with E-state index in [1.165, 1.54) is 20.0 Å². The van der Waals surface area contributed by atoms with Gasteiger partial charge in [-0.05, 0) is 26.0 Å². The molecule has 0 fully saturated rings. The molecule has 1 heterocycles. The Balaban J connectivity index is 2.12. The monoisotopic (exact) mass is 496 g/mol. The molecule has 1 atom stereocenters. The first kappa shape index (κ1) is 27.7. The van der Waals surface area contributed by atoms with E-state index in [1.54, 1.807) is 36.4 Å². The summed E-state index contributed by atoms with van der Waals surface area (Å²) in [6, 6.07) is 13.4. The molecule has 0 aliphatic heterocycles. The topological polar surface area (TPSA) is 135 Å². The largest absolute Gasteiger partial charge is 0.411 e. The van der Waals surface area contributed by atoms with Crippen molar-refractivity contribution in [3.05, 3.63) is 59.8 Å². The van der Waals surface area contributed by atoms with Crippen LogP contribution in [0.25, 0.3) is 0 Å². The van der Waals surface area contributed by atoms with Crippen LogP contribution < -0.4 is 11.2 Å². The molecule has 10 nitrogen and oxygen atoms in total. The van der Waals surface area contributed by atoms with Gasteiger partial charge < -0.3 is 19.6 Å². The molecule has 0 aliphatic rings. The second-order valence-corrected chi connectivity index (χ2v) is 7.29. The number of amides is 1. The number of carbonyl (C=O) groups excluding carboxylic acids is 1. The number of amidine groups is 1. The van der Waals surface area contributed by atoms with Crippen molar-refractivity contribution in [3.8, 4) is 0 Å². The Morgan fingerprint density at radius 1 is 1.17 bits per heavy atom. The molecule has 190 valence electrons. The number of pyridine rings is 1. The van der Waals surface area contributed by atoms with Crippen molar-refractivity contribution in [3.63, 3.8) is 0 Å². The van der Waals surface area contributed by atoms with E-state index in [-0.39, 0.29) is 30.6 Å². The highest BCUT2D eigenvalue weighted by molar-refractivity contribution is 6.46. The zero-order valence-electron chi connectivity index (χ0n) is 19.4. The first-order chi connectivity index (χ1) is 16.4. The first-order valence-corrected chi connectivity index (χ1v) is 10.4. The fourth-order valence-electron chi connectivity index (χ4n) is 2.69. The highest BCUT2D eigenvalue weighted by atomic mass is 19.4. The third-order valence-corrected chi connectivity index (χ3v) is 4.38. The van der Waals surface area contributed by atoms with E-state index in [4.69, 9.17) is 25.6 Å². The van der Waals surface area contributed by atoms with Crippen LogP contribution in [0.15, 0.2) is 53.7 Å². The van der Waals surface area contributed by atoms with E-state index >= 15 is 0 Å². The number of nitrogens with two attached hydrogens (primary N) is 1. The summed E-state index contributed by atoms with van der Waals surface area (Å²) < 4.78 is 47.6. The number of rotatable bonds is 11. The minimum absolute atomic E-state index is 0.0410. The van der Waals surface area contributed by atoms with Crippen LogP contribution in [0.5, 0.6) is 0 Å². The van der Waals surface area contributed by atoms with E-state index in [0.29, 0.717) is 11.3 Å². The number of likely N-dealkylation sites (N-methyl/N-ethyl adjacent to an activating group) is 1. The third kappa shape index (κ3) is 8.63. The molecule has 4 N–H and O–H groups in total. The average molecular weight is 496 g/mol. The number of hydrazine groups is 1. The molecule has 1 aromatic carbocycles. The van der Waals surface area contributed by atoms with Gasteiger partial charge in [-0.3, -0.25) is 15.2 Å². The number of hydrogen-bond acceptors (Lipinski definition) is 8. The lowest BCUT2D eigenvalue weighted by molar-refractivity contribution is -0.262. The Hall–Kier alpha value is -3.55. The Labute approximate surface area is 200 Å². The lowest BCUT2D eigenvalue weighted by Crippen LogP contribution is -2.47. The van der Waals surface area contributed by atoms with Crippen molar-refractivity contribution in [1.82, 2.24) is 9.99 Å². The number of ether oxygens (including phenoxy) is 2. The van der Waals surface area contributed by atoms with E-state index in [9.17, 15) is 18.0 Å². The molecule has 0 saturated heterocycles. The van der Waals surface area contributed by atoms with Gasteiger partial charge in [0.15, 0.2) is 18.2 Å². The molecule has 0 radical (unpaired) electrons. The smallest absolute Gasteiger partial charge is 0.389 e. The van der Waals surface area contributed by atoms with Gasteiger partial charge in [0.25, 0.3) is 5.91 Å². The van der Waals surface area contributed by atoms with Crippen LogP contribution in [0.3, 0.4) is 0 Å². The zero-order valence-corrected chi connectivity index (χ0v) is 19.4. The Morgan fingerprint density at radius 3 is 2.46 bits per heavy atom.